The maximum Gasteiger partial charge on any atom is 0.326 e. The molecule has 0 radical (unpaired) electrons. The van der Waals surface area contributed by atoms with E-state index in [0.717, 1.165) is 6.42 Å². The molecule has 0 heterocycles. The molecule has 3 atom stereocenters. The highest BCUT2D eigenvalue weighted by Crippen LogP contribution is 2.28. The van der Waals surface area contributed by atoms with Crippen LogP contribution in [0.4, 0.5) is 0 Å². The van der Waals surface area contributed by atoms with Crippen molar-refractivity contribution in [1.29, 1.82) is 0 Å². The lowest BCUT2D eigenvalue weighted by atomic mass is 9.95. The average Bonchev–Trinajstić information content (AvgIpc) is 2.27. The zero-order chi connectivity index (χ0) is 15.8. The number of rotatable bonds is 10. The quantitative estimate of drug-likeness (QED) is 0.608. The van der Waals surface area contributed by atoms with E-state index in [1.807, 2.05) is 27.7 Å². The van der Waals surface area contributed by atoms with Gasteiger partial charge in [-0.2, -0.15) is 11.8 Å². The lowest BCUT2D eigenvalue weighted by Crippen LogP contribution is -2.54. The van der Waals surface area contributed by atoms with Crippen molar-refractivity contribution in [3.05, 3.63) is 0 Å². The van der Waals surface area contributed by atoms with Crippen LogP contribution in [-0.4, -0.2) is 46.4 Å². The Morgan fingerprint density at radius 3 is 2.35 bits per heavy atom. The Morgan fingerprint density at radius 2 is 1.90 bits per heavy atom. The highest BCUT2D eigenvalue weighted by molar-refractivity contribution is 8.00. The number of aliphatic hydroxyl groups excluding tert-OH is 1. The largest absolute Gasteiger partial charge is 0.465 e. The lowest BCUT2D eigenvalue weighted by Gasteiger charge is -2.33. The van der Waals surface area contributed by atoms with Crippen molar-refractivity contribution in [2.45, 2.75) is 76.5 Å². The van der Waals surface area contributed by atoms with Crippen LogP contribution in [0.15, 0.2) is 0 Å². The fourth-order valence-electron chi connectivity index (χ4n) is 2.40. The molecule has 0 aliphatic heterocycles. The monoisotopic (exact) mass is 305 g/mol. The Labute approximate surface area is 128 Å². The van der Waals surface area contributed by atoms with Gasteiger partial charge >= 0.3 is 5.97 Å². The molecule has 0 aromatic heterocycles. The molecule has 0 saturated heterocycles. The van der Waals surface area contributed by atoms with Crippen molar-refractivity contribution < 1.29 is 14.6 Å². The Hall–Kier alpha value is -0.260. The minimum absolute atomic E-state index is 0.184. The zero-order valence-electron chi connectivity index (χ0n) is 13.7. The van der Waals surface area contributed by atoms with Gasteiger partial charge in [0.15, 0.2) is 0 Å². The van der Waals surface area contributed by atoms with Gasteiger partial charge in [-0.05, 0) is 40.5 Å². The van der Waals surface area contributed by atoms with E-state index < -0.39 is 5.54 Å². The van der Waals surface area contributed by atoms with Gasteiger partial charge in [-0.1, -0.05) is 13.8 Å². The molecule has 0 aliphatic rings. The third-order valence-corrected chi connectivity index (χ3v) is 4.36. The standard InChI is InChI=1S/C15H31NO3S/c1-7-19-14(18)15(6,16-11(2)3)10-13(5)20-12(4)8-9-17/h11-13,16-17H,7-10H2,1-6H3. The van der Waals surface area contributed by atoms with Gasteiger partial charge in [-0.25, -0.2) is 0 Å². The summed E-state index contributed by atoms with van der Waals surface area (Å²) < 4.78 is 5.21. The highest BCUT2D eigenvalue weighted by atomic mass is 32.2. The predicted molar refractivity (Wildman–Crippen MR) is 86.1 cm³/mol. The molecule has 3 unspecified atom stereocenters. The van der Waals surface area contributed by atoms with Crippen molar-refractivity contribution in [3.63, 3.8) is 0 Å². The molecule has 0 spiro atoms. The average molecular weight is 305 g/mol. The summed E-state index contributed by atoms with van der Waals surface area (Å²) in [5.74, 6) is -0.184. The molecule has 0 fully saturated rings. The van der Waals surface area contributed by atoms with Crippen LogP contribution in [0.2, 0.25) is 0 Å². The SMILES string of the molecule is CCOC(=O)C(C)(CC(C)SC(C)CCO)NC(C)C. The number of nitrogens with one attached hydrogen (secondary N) is 1. The number of hydrogen-bond donors (Lipinski definition) is 2. The molecule has 0 amide bonds. The Bertz CT molecular complexity index is 286. The Morgan fingerprint density at radius 1 is 1.30 bits per heavy atom. The summed E-state index contributed by atoms with van der Waals surface area (Å²) in [7, 11) is 0. The number of ether oxygens (including phenoxy) is 1. The van der Waals surface area contributed by atoms with Gasteiger partial charge in [0.05, 0.1) is 6.61 Å². The maximum absolute atomic E-state index is 12.2. The van der Waals surface area contributed by atoms with Crippen LogP contribution in [0.3, 0.4) is 0 Å². The molecular weight excluding hydrogens is 274 g/mol. The molecule has 2 N–H and O–H groups in total. The second kappa shape index (κ2) is 9.64. The summed E-state index contributed by atoms with van der Waals surface area (Å²) in [5, 5.41) is 13.0. The minimum atomic E-state index is -0.657. The first-order valence-electron chi connectivity index (χ1n) is 7.46. The number of hydrogen-bond acceptors (Lipinski definition) is 5. The summed E-state index contributed by atoms with van der Waals surface area (Å²) >= 11 is 1.81. The van der Waals surface area contributed by atoms with Crippen molar-refractivity contribution in [2.24, 2.45) is 0 Å². The molecule has 4 nitrogen and oxygen atoms in total. The van der Waals surface area contributed by atoms with E-state index >= 15 is 0 Å². The molecule has 0 aromatic rings. The summed E-state index contributed by atoms with van der Waals surface area (Å²) in [6, 6.07) is 0.219. The van der Waals surface area contributed by atoms with Gasteiger partial charge in [0, 0.05) is 23.1 Å². The third kappa shape index (κ3) is 7.50. The fraction of sp³-hybridized carbons (Fsp3) is 0.933. The van der Waals surface area contributed by atoms with E-state index in [2.05, 4.69) is 19.2 Å². The van der Waals surface area contributed by atoms with E-state index in [1.54, 1.807) is 11.8 Å². The van der Waals surface area contributed by atoms with E-state index in [0.29, 0.717) is 23.5 Å². The van der Waals surface area contributed by atoms with Crippen LogP contribution in [0, 0.1) is 0 Å². The summed E-state index contributed by atoms with van der Waals surface area (Å²) in [5.41, 5.74) is -0.657. The van der Waals surface area contributed by atoms with E-state index in [4.69, 9.17) is 9.84 Å². The molecule has 5 heteroatoms. The molecule has 0 aromatic carbocycles. The van der Waals surface area contributed by atoms with Crippen molar-refractivity contribution >= 4 is 17.7 Å². The van der Waals surface area contributed by atoms with Gasteiger partial charge in [-0.3, -0.25) is 10.1 Å². The van der Waals surface area contributed by atoms with Gasteiger partial charge in [-0.15, -0.1) is 0 Å². The van der Waals surface area contributed by atoms with Crippen molar-refractivity contribution in [1.82, 2.24) is 5.32 Å². The number of carbonyl (C=O) groups is 1. The van der Waals surface area contributed by atoms with Crippen molar-refractivity contribution in [2.75, 3.05) is 13.2 Å². The smallest absolute Gasteiger partial charge is 0.326 e. The van der Waals surface area contributed by atoms with Crippen LogP contribution in [-0.2, 0) is 9.53 Å². The van der Waals surface area contributed by atoms with Crippen molar-refractivity contribution in [3.8, 4) is 0 Å². The first-order valence-corrected chi connectivity index (χ1v) is 8.40. The van der Waals surface area contributed by atoms with Gasteiger partial charge < -0.3 is 9.84 Å². The van der Waals surface area contributed by atoms with Gasteiger partial charge in [0.25, 0.3) is 0 Å². The lowest BCUT2D eigenvalue weighted by molar-refractivity contribution is -0.151. The Balaban J connectivity index is 4.67. The zero-order valence-corrected chi connectivity index (χ0v) is 14.5. The summed E-state index contributed by atoms with van der Waals surface area (Å²) in [6.07, 6.45) is 1.49. The second-order valence-electron chi connectivity index (χ2n) is 5.83. The molecule has 0 rings (SSSR count). The first-order chi connectivity index (χ1) is 9.25. The topological polar surface area (TPSA) is 58.6 Å². The summed E-state index contributed by atoms with van der Waals surface area (Å²) in [6.45, 7) is 12.6. The molecule has 0 bridgehead atoms. The minimum Gasteiger partial charge on any atom is -0.465 e. The molecule has 0 aliphatic carbocycles. The molecular formula is C15H31NO3S. The summed E-state index contributed by atoms with van der Waals surface area (Å²) in [4.78, 5) is 12.2. The van der Waals surface area contributed by atoms with Gasteiger partial charge in [0.1, 0.15) is 5.54 Å². The van der Waals surface area contributed by atoms with Crippen LogP contribution < -0.4 is 5.32 Å². The first kappa shape index (κ1) is 19.7. The number of esters is 1. The predicted octanol–water partition coefficient (Wildman–Crippen LogP) is 2.59. The van der Waals surface area contributed by atoms with E-state index in [1.165, 1.54) is 0 Å². The third-order valence-electron chi connectivity index (χ3n) is 3.03. The normalized spacial score (nSPS) is 17.6. The molecule has 120 valence electrons. The molecule has 0 saturated carbocycles. The highest BCUT2D eigenvalue weighted by Gasteiger charge is 2.36. The number of aliphatic hydroxyl groups is 1. The number of carbonyl (C=O) groups excluding carboxylic acids is 1. The fourth-order valence-corrected chi connectivity index (χ4v) is 3.86. The van der Waals surface area contributed by atoms with Crippen LogP contribution in [0.1, 0.15) is 54.4 Å². The maximum atomic E-state index is 12.2. The van der Waals surface area contributed by atoms with Gasteiger partial charge in [0.2, 0.25) is 0 Å². The van der Waals surface area contributed by atoms with Crippen LogP contribution in [0.5, 0.6) is 0 Å². The molecule has 20 heavy (non-hydrogen) atoms. The second-order valence-corrected chi connectivity index (χ2v) is 7.71. The number of thioether (sulfide) groups is 1. The van der Waals surface area contributed by atoms with Crippen LogP contribution >= 0.6 is 11.8 Å². The van der Waals surface area contributed by atoms with E-state index in [-0.39, 0.29) is 18.6 Å². The Kier molecular flexibility index (Phi) is 9.51. The van der Waals surface area contributed by atoms with E-state index in [9.17, 15) is 4.79 Å². The van der Waals surface area contributed by atoms with Crippen LogP contribution in [0.25, 0.3) is 0 Å².